The molecule has 0 bridgehead atoms. The summed E-state index contributed by atoms with van der Waals surface area (Å²) in [5.74, 6) is 0.196. The molecule has 2 rings (SSSR count). The van der Waals surface area contributed by atoms with Gasteiger partial charge >= 0.3 is 5.97 Å². The fraction of sp³-hybridized carbons (Fsp3) is 0.278. The molecule has 0 atom stereocenters. The van der Waals surface area contributed by atoms with Crippen molar-refractivity contribution in [3.63, 3.8) is 0 Å². The Balaban J connectivity index is 2.05. The molecule has 0 aliphatic rings. The number of rotatable bonds is 9. The first kappa shape index (κ1) is 19.7. The predicted molar refractivity (Wildman–Crippen MR) is 96.0 cm³/mol. The Kier molecular flexibility index (Phi) is 6.59. The molecule has 0 unspecified atom stereocenters. The number of carboxylic acids is 1. The molecule has 0 heterocycles. The molecule has 2 N–H and O–H groups in total. The number of carboxylic acid groups (broad SMARTS) is 1. The van der Waals surface area contributed by atoms with Crippen LogP contribution in [0.3, 0.4) is 0 Å². The fourth-order valence-corrected chi connectivity index (χ4v) is 3.36. The van der Waals surface area contributed by atoms with E-state index in [-0.39, 0.29) is 17.9 Å². The van der Waals surface area contributed by atoms with E-state index in [4.69, 9.17) is 14.6 Å². The van der Waals surface area contributed by atoms with Crippen LogP contribution in [0.25, 0.3) is 0 Å². The predicted octanol–water partition coefficient (Wildman–Crippen LogP) is 2.20. The molecule has 2 aromatic carbocycles. The summed E-state index contributed by atoms with van der Waals surface area (Å²) in [7, 11) is -0.640. The summed E-state index contributed by atoms with van der Waals surface area (Å²) < 4.78 is 37.7. The summed E-state index contributed by atoms with van der Waals surface area (Å²) in [6.45, 7) is 0.101. The lowest BCUT2D eigenvalue weighted by Crippen LogP contribution is -2.23. The minimum absolute atomic E-state index is 0.00362. The second-order valence-corrected chi connectivity index (χ2v) is 7.32. The van der Waals surface area contributed by atoms with E-state index in [2.05, 4.69) is 4.72 Å². The second-order valence-electron chi connectivity index (χ2n) is 5.55. The van der Waals surface area contributed by atoms with Gasteiger partial charge in [0.2, 0.25) is 10.0 Å². The molecule has 0 aromatic heterocycles. The molecule has 0 fully saturated rings. The molecule has 26 heavy (non-hydrogen) atoms. The number of sulfonamides is 1. The number of aliphatic carboxylic acids is 1. The molecule has 0 saturated heterocycles. The zero-order valence-electron chi connectivity index (χ0n) is 14.6. The highest BCUT2D eigenvalue weighted by Crippen LogP contribution is 2.27. The number of methoxy groups -OCH3 is 2. The molecule has 2 aromatic rings. The van der Waals surface area contributed by atoms with Crippen LogP contribution in [0.1, 0.15) is 17.5 Å². The zero-order valence-corrected chi connectivity index (χ0v) is 15.4. The third kappa shape index (κ3) is 5.21. The fourth-order valence-electron chi connectivity index (χ4n) is 2.34. The molecule has 0 aliphatic heterocycles. The molecule has 0 aliphatic carbocycles. The van der Waals surface area contributed by atoms with Crippen LogP contribution in [0.2, 0.25) is 0 Å². The van der Waals surface area contributed by atoms with Gasteiger partial charge in [0, 0.05) is 13.0 Å². The van der Waals surface area contributed by atoms with Crippen LogP contribution in [-0.4, -0.2) is 33.7 Å². The van der Waals surface area contributed by atoms with Gasteiger partial charge in [0.1, 0.15) is 0 Å². The quantitative estimate of drug-likeness (QED) is 0.693. The van der Waals surface area contributed by atoms with Gasteiger partial charge in [-0.25, -0.2) is 13.1 Å². The van der Waals surface area contributed by atoms with Gasteiger partial charge in [-0.05, 0) is 41.8 Å². The maximum Gasteiger partial charge on any atom is 0.303 e. The Bertz CT molecular complexity index is 862. The van der Waals surface area contributed by atoms with Crippen molar-refractivity contribution in [2.45, 2.75) is 24.3 Å². The average molecular weight is 379 g/mol. The zero-order chi connectivity index (χ0) is 19.2. The van der Waals surface area contributed by atoms with Crippen molar-refractivity contribution in [3.8, 4) is 11.5 Å². The summed E-state index contributed by atoms with van der Waals surface area (Å²) in [6.07, 6.45) is 0.360. The van der Waals surface area contributed by atoms with Gasteiger partial charge in [0.25, 0.3) is 0 Å². The van der Waals surface area contributed by atoms with Crippen LogP contribution >= 0.6 is 0 Å². The minimum atomic E-state index is -3.68. The number of hydrogen-bond acceptors (Lipinski definition) is 5. The van der Waals surface area contributed by atoms with Crippen LogP contribution in [0.5, 0.6) is 11.5 Å². The first-order valence-electron chi connectivity index (χ1n) is 7.87. The molecule has 140 valence electrons. The molecule has 0 spiro atoms. The molecular formula is C18H21NO6S. The van der Waals surface area contributed by atoms with Gasteiger partial charge in [-0.2, -0.15) is 0 Å². The Morgan fingerprint density at radius 1 is 1.00 bits per heavy atom. The first-order chi connectivity index (χ1) is 12.4. The summed E-state index contributed by atoms with van der Waals surface area (Å²) in [5, 5.41) is 8.68. The third-order valence-electron chi connectivity index (χ3n) is 3.78. The molecule has 0 radical (unpaired) electrons. The number of carbonyl (C=O) groups is 1. The van der Waals surface area contributed by atoms with Crippen LogP contribution in [-0.2, 0) is 27.8 Å². The van der Waals surface area contributed by atoms with Crippen molar-refractivity contribution in [2.24, 2.45) is 0 Å². The smallest absolute Gasteiger partial charge is 0.303 e. The maximum atomic E-state index is 12.4. The lowest BCUT2D eigenvalue weighted by atomic mass is 10.1. The molecule has 0 saturated carbocycles. The maximum absolute atomic E-state index is 12.4. The second kappa shape index (κ2) is 8.68. The van der Waals surface area contributed by atoms with Crippen LogP contribution in [0.4, 0.5) is 0 Å². The van der Waals surface area contributed by atoms with E-state index in [0.717, 1.165) is 11.1 Å². The number of ether oxygens (including phenoxy) is 2. The lowest BCUT2D eigenvalue weighted by Gasteiger charge is -2.11. The normalized spacial score (nSPS) is 11.2. The monoisotopic (exact) mass is 379 g/mol. The Morgan fingerprint density at radius 2 is 1.62 bits per heavy atom. The van der Waals surface area contributed by atoms with Gasteiger partial charge in [0.05, 0.1) is 19.1 Å². The summed E-state index contributed by atoms with van der Waals surface area (Å²) >= 11 is 0. The summed E-state index contributed by atoms with van der Waals surface area (Å²) in [6, 6.07) is 11.3. The minimum Gasteiger partial charge on any atom is -0.493 e. The van der Waals surface area contributed by atoms with E-state index < -0.39 is 16.0 Å². The van der Waals surface area contributed by atoms with Gasteiger partial charge < -0.3 is 14.6 Å². The molecule has 8 heteroatoms. The molecule has 0 amide bonds. The van der Waals surface area contributed by atoms with Crippen molar-refractivity contribution in [1.82, 2.24) is 4.72 Å². The number of benzene rings is 2. The lowest BCUT2D eigenvalue weighted by molar-refractivity contribution is -0.136. The Hall–Kier alpha value is -2.58. The number of aryl methyl sites for hydroxylation is 1. The van der Waals surface area contributed by atoms with E-state index in [1.165, 1.54) is 26.4 Å². The van der Waals surface area contributed by atoms with Crippen molar-refractivity contribution >= 4 is 16.0 Å². The van der Waals surface area contributed by atoms with E-state index in [0.29, 0.717) is 17.9 Å². The molecule has 7 nitrogen and oxygen atoms in total. The highest BCUT2D eigenvalue weighted by atomic mass is 32.2. The van der Waals surface area contributed by atoms with Crippen molar-refractivity contribution < 1.29 is 27.8 Å². The number of nitrogens with one attached hydrogen (secondary N) is 1. The van der Waals surface area contributed by atoms with E-state index in [9.17, 15) is 13.2 Å². The highest BCUT2D eigenvalue weighted by Gasteiger charge is 2.14. The topological polar surface area (TPSA) is 102 Å². The van der Waals surface area contributed by atoms with Crippen LogP contribution in [0, 0.1) is 0 Å². The summed E-state index contributed by atoms with van der Waals surface area (Å²) in [5.41, 5.74) is 1.50. The number of hydrogen-bond donors (Lipinski definition) is 2. The largest absolute Gasteiger partial charge is 0.493 e. The SMILES string of the molecule is COc1ccc(CNS(=O)(=O)c2ccc(CCC(=O)O)cc2)cc1OC. The molecular weight excluding hydrogens is 358 g/mol. The standard InChI is InChI=1S/C18H21NO6S/c1-24-16-9-5-14(11-17(16)25-2)12-19-26(22,23)15-7-3-13(4-8-15)6-10-18(20)21/h3-5,7-9,11,19H,6,10,12H2,1-2H3,(H,20,21). The van der Waals surface area contributed by atoms with Gasteiger partial charge in [-0.3, -0.25) is 4.79 Å². The summed E-state index contributed by atoms with van der Waals surface area (Å²) in [4.78, 5) is 10.7. The Labute approximate surface area is 152 Å². The van der Waals surface area contributed by atoms with Crippen LogP contribution in [0.15, 0.2) is 47.4 Å². The van der Waals surface area contributed by atoms with Crippen molar-refractivity contribution in [2.75, 3.05) is 14.2 Å². The third-order valence-corrected chi connectivity index (χ3v) is 5.19. The van der Waals surface area contributed by atoms with Crippen molar-refractivity contribution in [1.29, 1.82) is 0 Å². The van der Waals surface area contributed by atoms with Crippen molar-refractivity contribution in [3.05, 3.63) is 53.6 Å². The van der Waals surface area contributed by atoms with Crippen LogP contribution < -0.4 is 14.2 Å². The van der Waals surface area contributed by atoms with E-state index >= 15 is 0 Å². The van der Waals surface area contributed by atoms with Gasteiger partial charge in [-0.1, -0.05) is 18.2 Å². The highest BCUT2D eigenvalue weighted by molar-refractivity contribution is 7.89. The van der Waals surface area contributed by atoms with E-state index in [1.54, 1.807) is 30.3 Å². The first-order valence-corrected chi connectivity index (χ1v) is 9.35. The van der Waals surface area contributed by atoms with Gasteiger partial charge in [0.15, 0.2) is 11.5 Å². The Morgan fingerprint density at radius 3 is 2.19 bits per heavy atom. The van der Waals surface area contributed by atoms with E-state index in [1.807, 2.05) is 0 Å². The van der Waals surface area contributed by atoms with Gasteiger partial charge in [-0.15, -0.1) is 0 Å². The average Bonchev–Trinajstić information content (AvgIpc) is 2.64.